The molecule has 0 bridgehead atoms. The average Bonchev–Trinajstić information content (AvgIpc) is 2.87. The molecule has 0 saturated carbocycles. The van der Waals surface area contributed by atoms with Gasteiger partial charge in [0.25, 0.3) is 0 Å². The Morgan fingerprint density at radius 1 is 1.19 bits per heavy atom. The number of nitrogens with one attached hydrogen (secondary N) is 1. The Balaban J connectivity index is 1.90. The summed E-state index contributed by atoms with van der Waals surface area (Å²) < 4.78 is 14.4. The van der Waals surface area contributed by atoms with Crippen molar-refractivity contribution in [2.45, 2.75) is 19.4 Å². The third-order valence-corrected chi connectivity index (χ3v) is 4.79. The molecule has 1 aromatic heterocycles. The first kappa shape index (κ1) is 14.2. The molecule has 4 heteroatoms. The normalized spacial score (nSPS) is 12.7. The zero-order valence-electron chi connectivity index (χ0n) is 11.8. The van der Waals surface area contributed by atoms with Gasteiger partial charge >= 0.3 is 0 Å². The second kappa shape index (κ2) is 5.93. The molecule has 1 atom stereocenters. The summed E-state index contributed by atoms with van der Waals surface area (Å²) >= 11 is 1.65. The minimum atomic E-state index is -0.206. The standard InChI is InChI=1S/C17H17FN2S/c1-11-3-2-4-12(7-11)8-15(20-19)17-10-13-9-14(18)5-6-16(13)21-17/h2-7,9-10,15,20H,8,19H2,1H3. The van der Waals surface area contributed by atoms with Gasteiger partial charge in [0.1, 0.15) is 5.82 Å². The molecule has 21 heavy (non-hydrogen) atoms. The van der Waals surface area contributed by atoms with E-state index in [-0.39, 0.29) is 11.9 Å². The van der Waals surface area contributed by atoms with Crippen LogP contribution in [0.1, 0.15) is 22.0 Å². The van der Waals surface area contributed by atoms with Gasteiger partial charge in [-0.1, -0.05) is 29.8 Å². The molecule has 0 spiro atoms. The highest BCUT2D eigenvalue weighted by Gasteiger charge is 2.14. The molecule has 0 amide bonds. The highest BCUT2D eigenvalue weighted by Crippen LogP contribution is 2.31. The number of fused-ring (bicyclic) bond motifs is 1. The second-order valence-corrected chi connectivity index (χ2v) is 6.36. The summed E-state index contributed by atoms with van der Waals surface area (Å²) in [5, 5.41) is 0.930. The Morgan fingerprint density at radius 3 is 2.81 bits per heavy atom. The van der Waals surface area contributed by atoms with Crippen molar-refractivity contribution in [3.63, 3.8) is 0 Å². The van der Waals surface area contributed by atoms with Gasteiger partial charge in [0.05, 0.1) is 6.04 Å². The molecular weight excluding hydrogens is 283 g/mol. The van der Waals surface area contributed by atoms with Crippen LogP contribution >= 0.6 is 11.3 Å². The molecule has 3 aromatic rings. The Bertz CT molecular complexity index is 766. The van der Waals surface area contributed by atoms with Crippen LogP contribution in [0.4, 0.5) is 4.39 Å². The largest absolute Gasteiger partial charge is 0.271 e. The zero-order valence-corrected chi connectivity index (χ0v) is 12.6. The highest BCUT2D eigenvalue weighted by molar-refractivity contribution is 7.19. The van der Waals surface area contributed by atoms with Gasteiger partial charge in [-0.3, -0.25) is 11.3 Å². The molecule has 0 fully saturated rings. The van der Waals surface area contributed by atoms with Crippen LogP contribution in [0.25, 0.3) is 10.1 Å². The molecule has 0 aliphatic carbocycles. The fraction of sp³-hybridized carbons (Fsp3) is 0.176. The lowest BCUT2D eigenvalue weighted by Crippen LogP contribution is -2.28. The van der Waals surface area contributed by atoms with Crippen molar-refractivity contribution in [2.75, 3.05) is 0 Å². The third-order valence-electron chi connectivity index (χ3n) is 3.56. The van der Waals surface area contributed by atoms with Gasteiger partial charge in [-0.2, -0.15) is 0 Å². The van der Waals surface area contributed by atoms with Crippen LogP contribution < -0.4 is 11.3 Å². The van der Waals surface area contributed by atoms with E-state index in [1.165, 1.54) is 17.2 Å². The summed E-state index contributed by atoms with van der Waals surface area (Å²) in [5.41, 5.74) is 5.35. The summed E-state index contributed by atoms with van der Waals surface area (Å²) in [6.45, 7) is 2.08. The molecule has 0 aliphatic rings. The number of rotatable bonds is 4. The van der Waals surface area contributed by atoms with Crippen molar-refractivity contribution in [1.82, 2.24) is 5.43 Å². The monoisotopic (exact) mass is 300 g/mol. The highest BCUT2D eigenvalue weighted by atomic mass is 32.1. The van der Waals surface area contributed by atoms with E-state index in [1.807, 2.05) is 12.1 Å². The first-order valence-electron chi connectivity index (χ1n) is 6.86. The molecule has 2 aromatic carbocycles. The Labute approximate surface area is 127 Å². The third kappa shape index (κ3) is 3.13. The van der Waals surface area contributed by atoms with Crippen molar-refractivity contribution in [3.05, 3.63) is 70.4 Å². The number of hydrogen-bond acceptors (Lipinski definition) is 3. The van der Waals surface area contributed by atoms with Crippen molar-refractivity contribution in [1.29, 1.82) is 0 Å². The van der Waals surface area contributed by atoms with Crippen LogP contribution in [0.3, 0.4) is 0 Å². The van der Waals surface area contributed by atoms with E-state index in [9.17, 15) is 4.39 Å². The molecule has 1 unspecified atom stereocenters. The fourth-order valence-corrected chi connectivity index (χ4v) is 3.63. The van der Waals surface area contributed by atoms with Gasteiger partial charge in [-0.05, 0) is 48.6 Å². The van der Waals surface area contributed by atoms with E-state index >= 15 is 0 Å². The quantitative estimate of drug-likeness (QED) is 0.562. The number of hydrazine groups is 1. The van der Waals surface area contributed by atoms with Gasteiger partial charge in [0, 0.05) is 9.58 Å². The Kier molecular flexibility index (Phi) is 4.01. The lowest BCUT2D eigenvalue weighted by atomic mass is 10.0. The number of halogens is 1. The van der Waals surface area contributed by atoms with Crippen molar-refractivity contribution in [3.8, 4) is 0 Å². The molecule has 3 N–H and O–H groups in total. The van der Waals surface area contributed by atoms with Crippen molar-refractivity contribution < 1.29 is 4.39 Å². The minimum Gasteiger partial charge on any atom is -0.271 e. The first-order chi connectivity index (χ1) is 10.2. The van der Waals surface area contributed by atoms with Crippen LogP contribution in [-0.4, -0.2) is 0 Å². The minimum absolute atomic E-state index is 0.0345. The SMILES string of the molecule is Cc1cccc(CC(NN)c2cc3cc(F)ccc3s2)c1. The predicted molar refractivity (Wildman–Crippen MR) is 86.7 cm³/mol. The van der Waals surface area contributed by atoms with Crippen LogP contribution in [0.5, 0.6) is 0 Å². The lowest BCUT2D eigenvalue weighted by molar-refractivity contribution is 0.561. The number of aryl methyl sites for hydroxylation is 1. The molecule has 3 rings (SSSR count). The molecule has 1 heterocycles. The van der Waals surface area contributed by atoms with Gasteiger partial charge in [-0.25, -0.2) is 4.39 Å². The van der Waals surface area contributed by atoms with Crippen LogP contribution in [0, 0.1) is 12.7 Å². The molecule has 0 saturated heterocycles. The van der Waals surface area contributed by atoms with E-state index in [2.05, 4.69) is 36.6 Å². The maximum Gasteiger partial charge on any atom is 0.123 e. The van der Waals surface area contributed by atoms with Gasteiger partial charge in [0.2, 0.25) is 0 Å². The van der Waals surface area contributed by atoms with E-state index < -0.39 is 0 Å². The van der Waals surface area contributed by atoms with Crippen molar-refractivity contribution in [2.24, 2.45) is 5.84 Å². The summed E-state index contributed by atoms with van der Waals surface area (Å²) in [4.78, 5) is 1.12. The van der Waals surface area contributed by atoms with Crippen LogP contribution in [-0.2, 0) is 6.42 Å². The molecular formula is C17H17FN2S. The molecule has 0 radical (unpaired) electrons. The molecule has 2 nitrogen and oxygen atoms in total. The summed E-state index contributed by atoms with van der Waals surface area (Å²) in [7, 11) is 0. The van der Waals surface area contributed by atoms with Crippen LogP contribution in [0.15, 0.2) is 48.5 Å². The van der Waals surface area contributed by atoms with Crippen LogP contribution in [0.2, 0.25) is 0 Å². The van der Waals surface area contributed by atoms with E-state index in [0.717, 1.165) is 21.4 Å². The fourth-order valence-electron chi connectivity index (χ4n) is 2.52. The van der Waals surface area contributed by atoms with Gasteiger partial charge < -0.3 is 0 Å². The summed E-state index contributed by atoms with van der Waals surface area (Å²) in [6.07, 6.45) is 0.813. The van der Waals surface area contributed by atoms with E-state index in [0.29, 0.717) is 0 Å². The number of hydrogen-bond donors (Lipinski definition) is 2. The first-order valence-corrected chi connectivity index (χ1v) is 7.68. The zero-order chi connectivity index (χ0) is 14.8. The topological polar surface area (TPSA) is 38.0 Å². The summed E-state index contributed by atoms with van der Waals surface area (Å²) in [5.74, 6) is 5.52. The smallest absolute Gasteiger partial charge is 0.123 e. The van der Waals surface area contributed by atoms with Gasteiger partial charge in [0.15, 0.2) is 0 Å². The maximum atomic E-state index is 13.3. The van der Waals surface area contributed by atoms with E-state index in [4.69, 9.17) is 5.84 Å². The lowest BCUT2D eigenvalue weighted by Gasteiger charge is -2.14. The Hall–Kier alpha value is -1.75. The summed E-state index contributed by atoms with van der Waals surface area (Å²) in [6, 6.07) is 15.3. The number of benzene rings is 2. The number of nitrogens with two attached hydrogens (primary N) is 1. The second-order valence-electron chi connectivity index (χ2n) is 5.24. The number of thiophene rings is 1. The predicted octanol–water partition coefficient (Wildman–Crippen LogP) is 4.10. The molecule has 108 valence electrons. The Morgan fingerprint density at radius 2 is 2.05 bits per heavy atom. The van der Waals surface area contributed by atoms with Crippen molar-refractivity contribution >= 4 is 21.4 Å². The van der Waals surface area contributed by atoms with Gasteiger partial charge in [-0.15, -0.1) is 11.3 Å². The maximum absolute atomic E-state index is 13.3. The average molecular weight is 300 g/mol. The molecule has 0 aliphatic heterocycles. The van der Waals surface area contributed by atoms with E-state index in [1.54, 1.807) is 17.4 Å².